The molecular weight excluding hydrogens is 230 g/mol. The number of nitrogens with zero attached hydrogens (tertiary/aromatic N) is 2. The van der Waals surface area contributed by atoms with Crippen molar-refractivity contribution < 1.29 is 9.47 Å². The first-order valence-corrected chi connectivity index (χ1v) is 6.47. The Labute approximate surface area is 109 Å². The first-order valence-electron chi connectivity index (χ1n) is 6.47. The summed E-state index contributed by atoms with van der Waals surface area (Å²) < 4.78 is 11.0. The highest BCUT2D eigenvalue weighted by atomic mass is 16.5. The number of ether oxygens (including phenoxy) is 2. The minimum absolute atomic E-state index is 0.0957. The van der Waals surface area contributed by atoms with Crippen molar-refractivity contribution in [2.24, 2.45) is 0 Å². The fraction of sp³-hybridized carbons (Fsp3) is 0.692. The highest BCUT2D eigenvalue weighted by molar-refractivity contribution is 5.17. The molecule has 1 aromatic rings. The van der Waals surface area contributed by atoms with Gasteiger partial charge in [-0.15, -0.1) is 0 Å². The van der Waals surface area contributed by atoms with Crippen LogP contribution in [0.4, 0.5) is 0 Å². The van der Waals surface area contributed by atoms with Gasteiger partial charge in [0, 0.05) is 18.3 Å². The molecule has 1 aromatic heterocycles. The first-order chi connectivity index (χ1) is 8.61. The Hall–Kier alpha value is -1.36. The summed E-state index contributed by atoms with van der Waals surface area (Å²) in [7, 11) is 0. The molecule has 0 fully saturated rings. The molecule has 5 nitrogen and oxygen atoms in total. The standard InChI is InChI=1S/C13H23N3O2/c1-5-6-14-7-8-17-13-15-11(4)9-12(16-13)18-10(2)3/h9-10,14H,5-8H2,1-4H3. The van der Waals surface area contributed by atoms with Crippen LogP contribution in [0.15, 0.2) is 6.07 Å². The normalized spacial score (nSPS) is 10.7. The van der Waals surface area contributed by atoms with E-state index in [1.165, 1.54) is 0 Å². The Kier molecular flexibility index (Phi) is 6.43. The van der Waals surface area contributed by atoms with Crippen molar-refractivity contribution in [2.45, 2.75) is 40.2 Å². The van der Waals surface area contributed by atoms with E-state index in [-0.39, 0.29) is 6.10 Å². The van der Waals surface area contributed by atoms with Gasteiger partial charge in [-0.3, -0.25) is 0 Å². The van der Waals surface area contributed by atoms with Gasteiger partial charge in [-0.05, 0) is 33.7 Å². The van der Waals surface area contributed by atoms with Gasteiger partial charge in [0.05, 0.1) is 6.10 Å². The van der Waals surface area contributed by atoms with E-state index in [2.05, 4.69) is 22.2 Å². The van der Waals surface area contributed by atoms with Gasteiger partial charge in [-0.1, -0.05) is 6.92 Å². The van der Waals surface area contributed by atoms with Crippen molar-refractivity contribution in [3.63, 3.8) is 0 Å². The predicted molar refractivity (Wildman–Crippen MR) is 71.2 cm³/mol. The summed E-state index contributed by atoms with van der Waals surface area (Å²) in [4.78, 5) is 8.43. The molecule has 0 saturated heterocycles. The fourth-order valence-electron chi connectivity index (χ4n) is 1.40. The first kappa shape index (κ1) is 14.7. The van der Waals surface area contributed by atoms with Gasteiger partial charge in [0.25, 0.3) is 0 Å². The van der Waals surface area contributed by atoms with Crippen molar-refractivity contribution in [2.75, 3.05) is 19.7 Å². The summed E-state index contributed by atoms with van der Waals surface area (Å²) in [5.74, 6) is 0.564. The van der Waals surface area contributed by atoms with E-state index in [4.69, 9.17) is 9.47 Å². The molecule has 5 heteroatoms. The van der Waals surface area contributed by atoms with Gasteiger partial charge >= 0.3 is 6.01 Å². The van der Waals surface area contributed by atoms with E-state index in [0.717, 1.165) is 25.2 Å². The van der Waals surface area contributed by atoms with E-state index in [9.17, 15) is 0 Å². The second-order valence-corrected chi connectivity index (χ2v) is 4.40. The molecule has 0 aliphatic rings. The molecular formula is C13H23N3O2. The molecule has 102 valence electrons. The second-order valence-electron chi connectivity index (χ2n) is 4.40. The molecule has 0 saturated carbocycles. The maximum atomic E-state index is 5.53. The topological polar surface area (TPSA) is 56.3 Å². The Morgan fingerprint density at radius 1 is 1.28 bits per heavy atom. The fourth-order valence-corrected chi connectivity index (χ4v) is 1.40. The van der Waals surface area contributed by atoms with Gasteiger partial charge in [-0.2, -0.15) is 4.98 Å². The molecule has 0 amide bonds. The molecule has 0 spiro atoms. The highest BCUT2D eigenvalue weighted by Crippen LogP contribution is 2.14. The number of aryl methyl sites for hydroxylation is 1. The molecule has 0 radical (unpaired) electrons. The Bertz CT molecular complexity index is 356. The lowest BCUT2D eigenvalue weighted by molar-refractivity contribution is 0.223. The van der Waals surface area contributed by atoms with E-state index >= 15 is 0 Å². The van der Waals surface area contributed by atoms with Crippen molar-refractivity contribution in [3.8, 4) is 11.9 Å². The van der Waals surface area contributed by atoms with Crippen LogP contribution in [-0.2, 0) is 0 Å². The van der Waals surface area contributed by atoms with Crippen LogP contribution in [-0.4, -0.2) is 35.8 Å². The third-order valence-electron chi connectivity index (χ3n) is 2.10. The molecule has 0 atom stereocenters. The number of rotatable bonds is 8. The Balaban J connectivity index is 2.46. The summed E-state index contributed by atoms with van der Waals surface area (Å²) in [5, 5.41) is 3.25. The smallest absolute Gasteiger partial charge is 0.319 e. The summed E-state index contributed by atoms with van der Waals surface area (Å²) in [6.07, 6.45) is 1.21. The van der Waals surface area contributed by atoms with Gasteiger partial charge in [0.1, 0.15) is 6.61 Å². The number of aromatic nitrogens is 2. The SMILES string of the molecule is CCCNCCOc1nc(C)cc(OC(C)C)n1. The lowest BCUT2D eigenvalue weighted by atomic mass is 10.4. The van der Waals surface area contributed by atoms with Crippen LogP contribution in [0.5, 0.6) is 11.9 Å². The second kappa shape index (κ2) is 7.87. The minimum atomic E-state index is 0.0957. The van der Waals surface area contributed by atoms with Crippen LogP contribution < -0.4 is 14.8 Å². The molecule has 1 rings (SSSR count). The Morgan fingerprint density at radius 3 is 2.72 bits per heavy atom. The third kappa shape index (κ3) is 5.82. The molecule has 0 aliphatic heterocycles. The average Bonchev–Trinajstić information content (AvgIpc) is 2.27. The number of nitrogens with one attached hydrogen (secondary N) is 1. The van der Waals surface area contributed by atoms with Crippen LogP contribution in [0.2, 0.25) is 0 Å². The maximum absolute atomic E-state index is 5.53. The number of hydrogen-bond donors (Lipinski definition) is 1. The summed E-state index contributed by atoms with van der Waals surface area (Å²) in [6, 6.07) is 2.19. The number of hydrogen-bond acceptors (Lipinski definition) is 5. The van der Waals surface area contributed by atoms with Crippen LogP contribution >= 0.6 is 0 Å². The van der Waals surface area contributed by atoms with Gasteiger partial charge in [-0.25, -0.2) is 4.98 Å². The quantitative estimate of drug-likeness (QED) is 0.718. The van der Waals surface area contributed by atoms with Crippen molar-refractivity contribution in [3.05, 3.63) is 11.8 Å². The lowest BCUT2D eigenvalue weighted by Crippen LogP contribution is -2.22. The zero-order valence-corrected chi connectivity index (χ0v) is 11.7. The largest absolute Gasteiger partial charge is 0.475 e. The maximum Gasteiger partial charge on any atom is 0.319 e. The predicted octanol–water partition coefficient (Wildman–Crippen LogP) is 1.95. The molecule has 0 unspecified atom stereocenters. The zero-order chi connectivity index (χ0) is 13.4. The van der Waals surface area contributed by atoms with Gasteiger partial charge in [0.15, 0.2) is 0 Å². The van der Waals surface area contributed by atoms with Crippen LogP contribution in [0.3, 0.4) is 0 Å². The van der Waals surface area contributed by atoms with Crippen LogP contribution in [0.1, 0.15) is 32.9 Å². The molecule has 1 N–H and O–H groups in total. The van der Waals surface area contributed by atoms with E-state index < -0.39 is 0 Å². The van der Waals surface area contributed by atoms with E-state index in [0.29, 0.717) is 18.5 Å². The zero-order valence-electron chi connectivity index (χ0n) is 11.7. The summed E-state index contributed by atoms with van der Waals surface area (Å²) in [6.45, 7) is 10.3. The van der Waals surface area contributed by atoms with Crippen molar-refractivity contribution in [1.82, 2.24) is 15.3 Å². The summed E-state index contributed by atoms with van der Waals surface area (Å²) in [5.41, 5.74) is 0.845. The third-order valence-corrected chi connectivity index (χ3v) is 2.10. The van der Waals surface area contributed by atoms with Gasteiger partial charge in [0.2, 0.25) is 5.88 Å². The average molecular weight is 253 g/mol. The van der Waals surface area contributed by atoms with E-state index in [1.807, 2.05) is 26.8 Å². The molecule has 0 aromatic carbocycles. The molecule has 0 bridgehead atoms. The van der Waals surface area contributed by atoms with Crippen LogP contribution in [0.25, 0.3) is 0 Å². The van der Waals surface area contributed by atoms with Crippen molar-refractivity contribution in [1.29, 1.82) is 0 Å². The summed E-state index contributed by atoms with van der Waals surface area (Å²) >= 11 is 0. The molecule has 18 heavy (non-hydrogen) atoms. The highest BCUT2D eigenvalue weighted by Gasteiger charge is 2.05. The van der Waals surface area contributed by atoms with E-state index in [1.54, 1.807) is 0 Å². The van der Waals surface area contributed by atoms with Crippen LogP contribution in [0, 0.1) is 6.92 Å². The lowest BCUT2D eigenvalue weighted by Gasteiger charge is -2.11. The monoisotopic (exact) mass is 253 g/mol. The van der Waals surface area contributed by atoms with Gasteiger partial charge < -0.3 is 14.8 Å². The molecule has 0 aliphatic carbocycles. The Morgan fingerprint density at radius 2 is 2.06 bits per heavy atom. The molecule has 1 heterocycles. The minimum Gasteiger partial charge on any atom is -0.475 e. The van der Waals surface area contributed by atoms with Crippen molar-refractivity contribution >= 4 is 0 Å².